The van der Waals surface area contributed by atoms with Gasteiger partial charge in [0.2, 0.25) is 0 Å². The molecule has 2 unspecified atom stereocenters. The van der Waals surface area contributed by atoms with Gasteiger partial charge in [-0.3, -0.25) is 4.79 Å². The monoisotopic (exact) mass is 242 g/mol. The lowest BCUT2D eigenvalue weighted by Gasteiger charge is -2.33. The van der Waals surface area contributed by atoms with Crippen LogP contribution in [-0.4, -0.2) is 48.2 Å². The van der Waals surface area contributed by atoms with Crippen molar-refractivity contribution in [1.82, 2.24) is 10.2 Å². The van der Waals surface area contributed by atoms with Crippen LogP contribution in [0.3, 0.4) is 0 Å². The quantitative estimate of drug-likeness (QED) is 0.742. The van der Waals surface area contributed by atoms with Gasteiger partial charge in [0.15, 0.2) is 0 Å². The lowest BCUT2D eigenvalue weighted by atomic mass is 10.0. The Morgan fingerprint density at radius 3 is 2.71 bits per heavy atom. The molecule has 1 aliphatic heterocycles. The van der Waals surface area contributed by atoms with Gasteiger partial charge in [0.25, 0.3) is 0 Å². The Labute approximate surface area is 104 Å². The molecule has 4 nitrogen and oxygen atoms in total. The van der Waals surface area contributed by atoms with E-state index < -0.39 is 12.0 Å². The van der Waals surface area contributed by atoms with Crippen molar-refractivity contribution in [2.75, 3.05) is 20.1 Å². The molecule has 1 heterocycles. The number of carbonyl (C=O) groups is 1. The summed E-state index contributed by atoms with van der Waals surface area (Å²) in [5.41, 5.74) is 0. The lowest BCUT2D eigenvalue weighted by molar-refractivity contribution is -0.140. The normalized spacial score (nSPS) is 23.9. The molecule has 0 spiro atoms. The Morgan fingerprint density at radius 1 is 1.47 bits per heavy atom. The zero-order valence-corrected chi connectivity index (χ0v) is 11.3. The summed E-state index contributed by atoms with van der Waals surface area (Å²) in [6.45, 7) is 6.04. The minimum atomic E-state index is -0.725. The van der Waals surface area contributed by atoms with Crippen LogP contribution in [0.4, 0.5) is 0 Å². The van der Waals surface area contributed by atoms with Gasteiger partial charge in [-0.2, -0.15) is 0 Å². The highest BCUT2D eigenvalue weighted by molar-refractivity contribution is 5.73. The highest BCUT2D eigenvalue weighted by atomic mass is 16.4. The molecule has 0 bridgehead atoms. The van der Waals surface area contributed by atoms with Crippen molar-refractivity contribution in [3.8, 4) is 0 Å². The Morgan fingerprint density at radius 2 is 2.18 bits per heavy atom. The zero-order valence-electron chi connectivity index (χ0n) is 11.3. The Bertz CT molecular complexity index is 244. The number of nitrogens with one attached hydrogen (secondary N) is 1. The molecule has 2 N–H and O–H groups in total. The number of piperidine rings is 1. The largest absolute Gasteiger partial charge is 0.480 e. The highest BCUT2D eigenvalue weighted by Crippen LogP contribution is 2.14. The van der Waals surface area contributed by atoms with E-state index in [4.69, 9.17) is 5.11 Å². The maximum atomic E-state index is 11.1. The van der Waals surface area contributed by atoms with Crippen molar-refractivity contribution in [1.29, 1.82) is 0 Å². The molecule has 1 aliphatic rings. The van der Waals surface area contributed by atoms with Crippen LogP contribution in [0.15, 0.2) is 0 Å². The Hall–Kier alpha value is -0.610. The number of carboxylic acid groups (broad SMARTS) is 1. The van der Waals surface area contributed by atoms with Crippen LogP contribution in [0.5, 0.6) is 0 Å². The summed E-state index contributed by atoms with van der Waals surface area (Å²) in [6, 6.07) is 0.100. The van der Waals surface area contributed by atoms with Crippen LogP contribution in [0.25, 0.3) is 0 Å². The summed E-state index contributed by atoms with van der Waals surface area (Å²) in [7, 11) is 2.13. The first kappa shape index (κ1) is 14.5. The van der Waals surface area contributed by atoms with Gasteiger partial charge < -0.3 is 15.3 Å². The second kappa shape index (κ2) is 6.97. The van der Waals surface area contributed by atoms with E-state index in [2.05, 4.69) is 31.1 Å². The van der Waals surface area contributed by atoms with Crippen molar-refractivity contribution >= 4 is 5.97 Å². The maximum Gasteiger partial charge on any atom is 0.320 e. The highest BCUT2D eigenvalue weighted by Gasteiger charge is 2.23. The van der Waals surface area contributed by atoms with Gasteiger partial charge in [-0.25, -0.2) is 0 Å². The number of carboxylic acids is 1. The second-order valence-corrected chi connectivity index (χ2v) is 5.56. The van der Waals surface area contributed by atoms with Gasteiger partial charge in [-0.15, -0.1) is 0 Å². The minimum absolute atomic E-state index is 0.398. The summed E-state index contributed by atoms with van der Waals surface area (Å²) in [4.78, 5) is 13.5. The minimum Gasteiger partial charge on any atom is -0.480 e. The van der Waals surface area contributed by atoms with Crippen molar-refractivity contribution < 1.29 is 9.90 Å². The molecule has 0 aromatic rings. The van der Waals surface area contributed by atoms with E-state index in [-0.39, 0.29) is 0 Å². The van der Waals surface area contributed by atoms with Gasteiger partial charge in [0.05, 0.1) is 0 Å². The number of hydrogen-bond donors (Lipinski definition) is 2. The summed E-state index contributed by atoms with van der Waals surface area (Å²) in [5.74, 6) is -0.315. The molecule has 1 rings (SSSR count). The fourth-order valence-electron chi connectivity index (χ4n) is 2.42. The van der Waals surface area contributed by atoms with Gasteiger partial charge in [-0.1, -0.05) is 20.3 Å². The molecule has 1 fully saturated rings. The van der Waals surface area contributed by atoms with Gasteiger partial charge in [-0.05, 0) is 38.8 Å². The van der Waals surface area contributed by atoms with Gasteiger partial charge in [0.1, 0.15) is 6.04 Å². The molecule has 0 amide bonds. The predicted octanol–water partition coefficient (Wildman–Crippen LogP) is 1.56. The topological polar surface area (TPSA) is 52.6 Å². The number of hydrogen-bond acceptors (Lipinski definition) is 3. The molecular weight excluding hydrogens is 216 g/mol. The molecule has 1 saturated heterocycles. The van der Waals surface area contributed by atoms with Crippen molar-refractivity contribution in [2.24, 2.45) is 5.92 Å². The molecule has 0 aromatic carbocycles. The van der Waals surface area contributed by atoms with Crippen LogP contribution >= 0.6 is 0 Å². The van der Waals surface area contributed by atoms with E-state index in [0.717, 1.165) is 13.1 Å². The first-order chi connectivity index (χ1) is 8.00. The van der Waals surface area contributed by atoms with E-state index in [0.29, 0.717) is 18.4 Å². The second-order valence-electron chi connectivity index (χ2n) is 5.56. The van der Waals surface area contributed by atoms with Crippen molar-refractivity contribution in [2.45, 2.75) is 51.6 Å². The van der Waals surface area contributed by atoms with Crippen molar-refractivity contribution in [3.63, 3.8) is 0 Å². The fraction of sp³-hybridized carbons (Fsp3) is 0.923. The average Bonchev–Trinajstić information content (AvgIpc) is 2.25. The van der Waals surface area contributed by atoms with E-state index in [1.807, 2.05) is 0 Å². The first-order valence-electron chi connectivity index (χ1n) is 6.67. The third-order valence-corrected chi connectivity index (χ3v) is 3.53. The molecule has 0 aliphatic carbocycles. The predicted molar refractivity (Wildman–Crippen MR) is 69.2 cm³/mol. The van der Waals surface area contributed by atoms with Crippen LogP contribution in [-0.2, 0) is 4.79 Å². The Balaban J connectivity index is 2.37. The summed E-state index contributed by atoms with van der Waals surface area (Å²) < 4.78 is 0. The number of likely N-dealkylation sites (N-methyl/N-ethyl adjacent to an activating group) is 1. The zero-order chi connectivity index (χ0) is 12.8. The molecule has 0 radical (unpaired) electrons. The molecule has 0 saturated carbocycles. The standard InChI is InChI=1S/C13H26N2O2/c1-10(2)8-12(13(16)17)14-9-11-6-4-5-7-15(11)3/h10-12,14H,4-9H2,1-3H3,(H,16,17). The molecule has 17 heavy (non-hydrogen) atoms. The Kier molecular flexibility index (Phi) is 5.92. The summed E-state index contributed by atoms with van der Waals surface area (Å²) >= 11 is 0. The summed E-state index contributed by atoms with van der Waals surface area (Å²) in [6.07, 6.45) is 4.41. The molecule has 2 atom stereocenters. The number of likely N-dealkylation sites (tertiary alicyclic amines) is 1. The van der Waals surface area contributed by atoms with Crippen LogP contribution in [0.2, 0.25) is 0 Å². The van der Waals surface area contributed by atoms with E-state index in [1.54, 1.807) is 0 Å². The smallest absolute Gasteiger partial charge is 0.320 e. The molecule has 0 aromatic heterocycles. The van der Waals surface area contributed by atoms with Crippen molar-refractivity contribution in [3.05, 3.63) is 0 Å². The number of aliphatic carboxylic acids is 1. The van der Waals surface area contributed by atoms with Crippen LogP contribution in [0, 0.1) is 5.92 Å². The van der Waals surface area contributed by atoms with Gasteiger partial charge >= 0.3 is 5.97 Å². The summed E-state index contributed by atoms with van der Waals surface area (Å²) in [5, 5.41) is 12.4. The SMILES string of the molecule is CC(C)CC(NCC1CCCCN1C)C(=O)O. The van der Waals surface area contributed by atoms with Crippen LogP contribution in [0.1, 0.15) is 39.5 Å². The molecular formula is C13H26N2O2. The van der Waals surface area contributed by atoms with E-state index in [1.165, 1.54) is 19.3 Å². The molecule has 100 valence electrons. The average molecular weight is 242 g/mol. The lowest BCUT2D eigenvalue weighted by Crippen LogP contribution is -2.48. The third-order valence-electron chi connectivity index (χ3n) is 3.53. The maximum absolute atomic E-state index is 11.1. The number of nitrogens with zero attached hydrogens (tertiary/aromatic N) is 1. The van der Waals surface area contributed by atoms with Gasteiger partial charge in [0, 0.05) is 12.6 Å². The van der Waals surface area contributed by atoms with E-state index in [9.17, 15) is 4.79 Å². The third kappa shape index (κ3) is 5.04. The van der Waals surface area contributed by atoms with E-state index >= 15 is 0 Å². The number of rotatable bonds is 6. The molecule has 4 heteroatoms. The van der Waals surface area contributed by atoms with Crippen LogP contribution < -0.4 is 5.32 Å². The fourth-order valence-corrected chi connectivity index (χ4v) is 2.42. The first-order valence-corrected chi connectivity index (χ1v) is 6.67.